The van der Waals surface area contributed by atoms with Crippen LogP contribution in [0.25, 0.3) is 0 Å². The van der Waals surface area contributed by atoms with Crippen LogP contribution in [-0.2, 0) is 33.2 Å². The molecule has 3 rings (SSSR count). The zero-order valence-electron chi connectivity index (χ0n) is 34.3. The van der Waals surface area contributed by atoms with Crippen LogP contribution < -0.4 is 0 Å². The summed E-state index contributed by atoms with van der Waals surface area (Å²) in [5, 5.41) is 58.2. The first-order valence-electron chi connectivity index (χ1n) is 19.4. The summed E-state index contributed by atoms with van der Waals surface area (Å²) in [4.78, 5) is 16.1. The Morgan fingerprint density at radius 1 is 0.846 bits per heavy atom. The normalized spacial score (nSPS) is 50.7. The maximum Gasteiger partial charge on any atom is 0.311 e. The molecule has 0 saturated carbocycles. The summed E-state index contributed by atoms with van der Waals surface area (Å²) in [7, 11) is 5.29. The highest BCUT2D eigenvalue weighted by Crippen LogP contribution is 2.41. The summed E-state index contributed by atoms with van der Waals surface area (Å²) in [6.45, 7) is 19.9. The van der Waals surface area contributed by atoms with E-state index in [0.717, 1.165) is 0 Å². The summed E-state index contributed by atoms with van der Waals surface area (Å²) < 4.78 is 37.6. The quantitative estimate of drug-likeness (QED) is 0.240. The maximum absolute atomic E-state index is 14.2. The van der Waals surface area contributed by atoms with Crippen molar-refractivity contribution in [2.24, 2.45) is 29.6 Å². The number of ether oxygens (including phenoxy) is 6. The Bertz CT molecular complexity index is 1140. The zero-order chi connectivity index (χ0) is 39.7. The zero-order valence-corrected chi connectivity index (χ0v) is 34.3. The Morgan fingerprint density at radius 2 is 1.46 bits per heavy atom. The Kier molecular flexibility index (Phi) is 15.6. The minimum absolute atomic E-state index is 0.00606. The lowest BCUT2D eigenvalue weighted by atomic mass is 9.73. The molecule has 0 radical (unpaired) electrons. The van der Waals surface area contributed by atoms with Gasteiger partial charge in [0.25, 0.3) is 0 Å². The lowest BCUT2D eigenvalue weighted by molar-refractivity contribution is -0.318. The summed E-state index contributed by atoms with van der Waals surface area (Å²) in [6.07, 6.45) is -7.41. The van der Waals surface area contributed by atoms with Crippen LogP contribution in [-0.4, -0.2) is 142 Å². The second-order valence-corrected chi connectivity index (χ2v) is 17.5. The van der Waals surface area contributed by atoms with Crippen molar-refractivity contribution < 1.29 is 58.7 Å². The Labute approximate surface area is 312 Å². The van der Waals surface area contributed by atoms with Crippen molar-refractivity contribution >= 4 is 5.97 Å². The molecular weight excluding hydrogens is 674 g/mol. The van der Waals surface area contributed by atoms with Crippen LogP contribution in [0.3, 0.4) is 0 Å². The van der Waals surface area contributed by atoms with E-state index in [1.165, 1.54) is 14.0 Å². The van der Waals surface area contributed by atoms with E-state index in [-0.39, 0.29) is 49.2 Å². The van der Waals surface area contributed by atoms with E-state index in [4.69, 9.17) is 28.4 Å². The molecule has 13 heteroatoms. The predicted molar refractivity (Wildman–Crippen MR) is 195 cm³/mol. The average molecular weight is 748 g/mol. The molecule has 3 heterocycles. The summed E-state index contributed by atoms with van der Waals surface area (Å²) in [5.74, 6) is -2.84. The number of rotatable bonds is 7. The molecule has 18 unspecified atom stereocenters. The predicted octanol–water partition coefficient (Wildman–Crippen LogP) is 3.24. The fraction of sp³-hybridized carbons (Fsp3) is 0.974. The van der Waals surface area contributed by atoms with Gasteiger partial charge in [-0.15, -0.1) is 0 Å². The van der Waals surface area contributed by atoms with Gasteiger partial charge in [0.2, 0.25) is 0 Å². The Morgan fingerprint density at radius 3 is 2.02 bits per heavy atom. The molecule has 3 saturated heterocycles. The average Bonchev–Trinajstić information content (AvgIpc) is 3.06. The number of esters is 1. The van der Waals surface area contributed by atoms with Crippen LogP contribution in [0, 0.1) is 29.6 Å². The van der Waals surface area contributed by atoms with Gasteiger partial charge in [0.05, 0.1) is 47.6 Å². The maximum atomic E-state index is 14.2. The first-order valence-corrected chi connectivity index (χ1v) is 19.4. The van der Waals surface area contributed by atoms with Crippen LogP contribution in [0.4, 0.5) is 0 Å². The van der Waals surface area contributed by atoms with Crippen molar-refractivity contribution in [3.05, 3.63) is 0 Å². The van der Waals surface area contributed by atoms with Gasteiger partial charge in [-0.25, -0.2) is 0 Å². The first kappa shape index (κ1) is 45.4. The van der Waals surface area contributed by atoms with Gasteiger partial charge >= 0.3 is 5.97 Å². The van der Waals surface area contributed by atoms with E-state index in [1.807, 2.05) is 46.7 Å². The molecule has 3 fully saturated rings. The molecule has 5 N–H and O–H groups in total. The molecular formula is C39H73NO12. The molecule has 0 bridgehead atoms. The Hall–Kier alpha value is -0.970. The number of aliphatic hydroxyl groups is 5. The van der Waals surface area contributed by atoms with E-state index in [1.54, 1.807) is 34.6 Å². The van der Waals surface area contributed by atoms with E-state index >= 15 is 0 Å². The number of likely N-dealkylation sites (N-methyl/N-ethyl adjacent to an activating group) is 1. The lowest BCUT2D eigenvalue weighted by Crippen LogP contribution is -2.60. The molecule has 13 nitrogen and oxygen atoms in total. The van der Waals surface area contributed by atoms with Crippen molar-refractivity contribution in [1.29, 1.82) is 0 Å². The van der Waals surface area contributed by atoms with Crippen molar-refractivity contribution in [2.45, 2.75) is 193 Å². The standard InChI is InChI=1S/C39H73NO12/c1-15-28-39(11,46)32(42)21(3)16-20(2)22(4)18-37(9,45)34(52-36-30(41)27(40(12)13)17-23(5)48-36)24(6)31(25(7)35(44)50-28)51-29-19-38(10,47-14)33(43)26(8)49-29/h20-34,36,41-43,45-46H,15-19H2,1-14H3/t20?,21?,22?,23?,24?,25?,26?,27?,28-,29?,30?,31?,32?,33?,34?,36?,37?,38?,39?/m1/s1. The monoisotopic (exact) mass is 748 g/mol. The fourth-order valence-corrected chi connectivity index (χ4v) is 8.96. The second-order valence-electron chi connectivity index (χ2n) is 17.5. The summed E-state index contributed by atoms with van der Waals surface area (Å²) in [5.41, 5.74) is -4.30. The topological polar surface area (TPSA) is 177 Å². The highest BCUT2D eigenvalue weighted by atomic mass is 16.7. The summed E-state index contributed by atoms with van der Waals surface area (Å²) in [6, 6.07) is -0.266. The number of methoxy groups -OCH3 is 1. The van der Waals surface area contributed by atoms with Crippen molar-refractivity contribution in [3.63, 3.8) is 0 Å². The molecule has 0 spiro atoms. The van der Waals surface area contributed by atoms with Crippen molar-refractivity contribution in [3.8, 4) is 0 Å². The van der Waals surface area contributed by atoms with Crippen LogP contribution >= 0.6 is 0 Å². The van der Waals surface area contributed by atoms with Crippen LogP contribution in [0.5, 0.6) is 0 Å². The molecule has 3 aliphatic heterocycles. The molecule has 306 valence electrons. The van der Waals surface area contributed by atoms with Gasteiger partial charge in [0, 0.05) is 25.5 Å². The number of carbonyl (C=O) groups excluding carboxylic acids is 1. The van der Waals surface area contributed by atoms with Crippen LogP contribution in [0.15, 0.2) is 0 Å². The van der Waals surface area contributed by atoms with Gasteiger partial charge in [-0.3, -0.25) is 4.79 Å². The third-order valence-corrected chi connectivity index (χ3v) is 12.7. The molecule has 0 aromatic carbocycles. The SMILES string of the molecule is CC[C@H]1OC(=O)C(C)C(OC2CC(C)(OC)C(O)C(C)O2)C(C)C(OC2OC(C)CC(N(C)C)C2O)C(C)(O)CC(C)C(C)CC(C)C(O)C1(C)O. The molecule has 0 aromatic rings. The number of hydrogen-bond donors (Lipinski definition) is 5. The van der Waals surface area contributed by atoms with Gasteiger partial charge in [-0.1, -0.05) is 34.6 Å². The minimum atomic E-state index is -1.75. The van der Waals surface area contributed by atoms with Gasteiger partial charge < -0.3 is 58.9 Å². The number of aliphatic hydroxyl groups excluding tert-OH is 3. The largest absolute Gasteiger partial charge is 0.459 e. The third-order valence-electron chi connectivity index (χ3n) is 12.7. The van der Waals surface area contributed by atoms with Crippen molar-refractivity contribution in [1.82, 2.24) is 4.90 Å². The highest BCUT2D eigenvalue weighted by molar-refractivity contribution is 5.73. The Balaban J connectivity index is 2.18. The first-order chi connectivity index (χ1) is 23.9. The number of hydrogen-bond acceptors (Lipinski definition) is 13. The van der Waals surface area contributed by atoms with Gasteiger partial charge in [-0.05, 0) is 99.1 Å². The molecule has 19 atom stereocenters. The number of nitrogens with zero attached hydrogens (tertiary/aromatic N) is 1. The van der Waals surface area contributed by atoms with Gasteiger partial charge in [-0.2, -0.15) is 0 Å². The number of carbonyl (C=O) groups is 1. The van der Waals surface area contributed by atoms with Crippen LogP contribution in [0.1, 0.15) is 108 Å². The second kappa shape index (κ2) is 17.9. The van der Waals surface area contributed by atoms with E-state index in [0.29, 0.717) is 12.8 Å². The van der Waals surface area contributed by atoms with E-state index in [2.05, 4.69) is 6.92 Å². The molecule has 0 aliphatic carbocycles. The smallest absolute Gasteiger partial charge is 0.311 e. The molecule has 52 heavy (non-hydrogen) atoms. The van der Waals surface area contributed by atoms with Crippen molar-refractivity contribution in [2.75, 3.05) is 21.2 Å². The minimum Gasteiger partial charge on any atom is -0.459 e. The van der Waals surface area contributed by atoms with E-state index < -0.39 is 89.9 Å². The highest BCUT2D eigenvalue weighted by Gasteiger charge is 2.52. The molecule has 0 aromatic heterocycles. The lowest BCUT2D eigenvalue weighted by Gasteiger charge is -2.49. The molecule has 3 aliphatic rings. The third kappa shape index (κ3) is 10.1. The summed E-state index contributed by atoms with van der Waals surface area (Å²) >= 11 is 0. The fourth-order valence-electron chi connectivity index (χ4n) is 8.96. The molecule has 0 amide bonds. The van der Waals surface area contributed by atoms with E-state index in [9.17, 15) is 30.3 Å². The van der Waals surface area contributed by atoms with Gasteiger partial charge in [0.1, 0.15) is 23.9 Å². The van der Waals surface area contributed by atoms with Crippen LogP contribution in [0.2, 0.25) is 0 Å². The number of cyclic esters (lactones) is 1. The van der Waals surface area contributed by atoms with Gasteiger partial charge in [0.15, 0.2) is 12.6 Å².